The molecule has 0 aliphatic carbocycles. The van der Waals surface area contributed by atoms with Crippen LogP contribution in [0, 0.1) is 6.92 Å². The molecule has 7 heteroatoms. The van der Waals surface area contributed by atoms with Crippen LogP contribution in [0.5, 0.6) is 11.5 Å². The molecule has 0 atom stereocenters. The minimum Gasteiger partial charge on any atom is -0.497 e. The van der Waals surface area contributed by atoms with E-state index in [0.717, 1.165) is 5.56 Å². The number of para-hydroxylation sites is 1. The first-order valence-corrected chi connectivity index (χ1v) is 10.9. The van der Waals surface area contributed by atoms with Crippen molar-refractivity contribution >= 4 is 34.3 Å². The molecule has 3 aromatic carbocycles. The molecule has 0 radical (unpaired) electrons. The normalized spacial score (nSPS) is 10.7. The zero-order valence-electron chi connectivity index (χ0n) is 18.9. The van der Waals surface area contributed by atoms with Gasteiger partial charge in [-0.3, -0.25) is 4.79 Å². The number of ketones is 1. The fraction of sp³-hybridized carbons (Fsp3) is 0.148. The zero-order valence-corrected chi connectivity index (χ0v) is 19.7. The van der Waals surface area contributed by atoms with Crippen LogP contribution in [0.3, 0.4) is 0 Å². The highest BCUT2D eigenvalue weighted by Crippen LogP contribution is 2.31. The van der Waals surface area contributed by atoms with Gasteiger partial charge >= 0.3 is 5.97 Å². The molecular weight excluding hydrogens is 454 g/mol. The van der Waals surface area contributed by atoms with E-state index in [9.17, 15) is 9.59 Å². The van der Waals surface area contributed by atoms with Gasteiger partial charge in [0.2, 0.25) is 5.78 Å². The number of rotatable bonds is 7. The quantitative estimate of drug-likeness (QED) is 0.244. The van der Waals surface area contributed by atoms with Crippen LogP contribution in [-0.4, -0.2) is 37.6 Å². The Hall–Kier alpha value is -3.90. The highest BCUT2D eigenvalue weighted by Gasteiger charge is 2.22. The molecular formula is C27H22ClNO5. The van der Waals surface area contributed by atoms with E-state index in [1.165, 1.54) is 14.2 Å². The summed E-state index contributed by atoms with van der Waals surface area (Å²) in [5.41, 5.74) is 3.29. The van der Waals surface area contributed by atoms with E-state index < -0.39 is 18.4 Å². The third-order valence-electron chi connectivity index (χ3n) is 5.48. The number of carbonyl (C=O) groups is 2. The van der Waals surface area contributed by atoms with E-state index in [4.69, 9.17) is 30.8 Å². The Balaban J connectivity index is 1.69. The Bertz CT molecular complexity index is 1400. The van der Waals surface area contributed by atoms with Crippen LogP contribution in [0.25, 0.3) is 22.2 Å². The predicted octanol–water partition coefficient (Wildman–Crippen LogP) is 5.92. The summed E-state index contributed by atoms with van der Waals surface area (Å²) < 4.78 is 15.9. The Kier molecular flexibility index (Phi) is 6.80. The van der Waals surface area contributed by atoms with E-state index in [-0.39, 0.29) is 5.56 Å². The average molecular weight is 476 g/mol. The summed E-state index contributed by atoms with van der Waals surface area (Å²) in [5, 5.41) is 1.20. The highest BCUT2D eigenvalue weighted by atomic mass is 35.5. The molecule has 4 rings (SSSR count). The van der Waals surface area contributed by atoms with Crippen LogP contribution < -0.4 is 9.47 Å². The summed E-state index contributed by atoms with van der Waals surface area (Å²) in [6, 6.07) is 19.4. The Morgan fingerprint density at radius 1 is 0.941 bits per heavy atom. The SMILES string of the molecule is COc1ccc(OC)c(C(=O)COC(=O)c2c(C)c(-c3cccc(Cl)c3)nc3ccccc23)c1. The van der Waals surface area contributed by atoms with Gasteiger partial charge in [0, 0.05) is 16.0 Å². The summed E-state index contributed by atoms with van der Waals surface area (Å²) in [6.07, 6.45) is 0. The summed E-state index contributed by atoms with van der Waals surface area (Å²) >= 11 is 6.18. The monoisotopic (exact) mass is 475 g/mol. The van der Waals surface area contributed by atoms with Crippen molar-refractivity contribution < 1.29 is 23.8 Å². The van der Waals surface area contributed by atoms with Gasteiger partial charge in [0.15, 0.2) is 6.61 Å². The van der Waals surface area contributed by atoms with Crippen molar-refractivity contribution in [3.8, 4) is 22.8 Å². The van der Waals surface area contributed by atoms with Crippen LogP contribution >= 0.6 is 11.6 Å². The average Bonchev–Trinajstić information content (AvgIpc) is 2.86. The molecule has 0 fully saturated rings. The summed E-state index contributed by atoms with van der Waals surface area (Å²) in [7, 11) is 2.97. The van der Waals surface area contributed by atoms with Crippen LogP contribution in [0.4, 0.5) is 0 Å². The highest BCUT2D eigenvalue weighted by molar-refractivity contribution is 6.30. The molecule has 0 amide bonds. The topological polar surface area (TPSA) is 74.7 Å². The molecule has 0 saturated heterocycles. The second-order valence-electron chi connectivity index (χ2n) is 7.55. The first-order chi connectivity index (χ1) is 16.4. The van der Waals surface area contributed by atoms with E-state index >= 15 is 0 Å². The standard InChI is InChI=1S/C27H22ClNO5/c1-16-25(27(31)34-15-23(30)21-14-19(32-2)11-12-24(21)33-3)20-9-4-5-10-22(20)29-26(16)17-7-6-8-18(28)13-17/h4-14H,15H2,1-3H3. The molecule has 172 valence electrons. The maximum Gasteiger partial charge on any atom is 0.339 e. The van der Waals surface area contributed by atoms with Gasteiger partial charge in [-0.1, -0.05) is 41.9 Å². The van der Waals surface area contributed by atoms with Crippen LogP contribution in [0.1, 0.15) is 26.3 Å². The zero-order chi connectivity index (χ0) is 24.2. The van der Waals surface area contributed by atoms with Crippen molar-refractivity contribution in [2.45, 2.75) is 6.92 Å². The Morgan fingerprint density at radius 2 is 1.74 bits per heavy atom. The first kappa shape index (κ1) is 23.3. The number of pyridine rings is 1. The number of methoxy groups -OCH3 is 2. The van der Waals surface area contributed by atoms with E-state index in [0.29, 0.717) is 44.2 Å². The number of ether oxygens (including phenoxy) is 3. The minimum atomic E-state index is -0.616. The van der Waals surface area contributed by atoms with Crippen LogP contribution in [0.15, 0.2) is 66.7 Å². The molecule has 34 heavy (non-hydrogen) atoms. The number of carbonyl (C=O) groups excluding carboxylic acids is 2. The van der Waals surface area contributed by atoms with Gasteiger partial charge in [-0.15, -0.1) is 0 Å². The summed E-state index contributed by atoms with van der Waals surface area (Å²) in [6.45, 7) is 1.35. The number of fused-ring (bicyclic) bond motifs is 1. The van der Waals surface area contributed by atoms with Gasteiger partial charge in [0.1, 0.15) is 11.5 Å². The van der Waals surface area contributed by atoms with Crippen LogP contribution in [0.2, 0.25) is 5.02 Å². The maximum atomic E-state index is 13.3. The number of esters is 1. The van der Waals surface area contributed by atoms with Crippen LogP contribution in [-0.2, 0) is 4.74 Å². The van der Waals surface area contributed by atoms with Crippen molar-refractivity contribution in [1.82, 2.24) is 4.98 Å². The molecule has 0 saturated carbocycles. The number of halogens is 1. The number of aromatic nitrogens is 1. The number of benzene rings is 3. The van der Waals surface area contributed by atoms with Gasteiger partial charge in [0.05, 0.1) is 36.6 Å². The van der Waals surface area contributed by atoms with Gasteiger partial charge in [0.25, 0.3) is 0 Å². The van der Waals surface area contributed by atoms with Gasteiger partial charge in [-0.25, -0.2) is 9.78 Å². The van der Waals surface area contributed by atoms with Gasteiger partial charge in [-0.2, -0.15) is 0 Å². The maximum absolute atomic E-state index is 13.3. The smallest absolute Gasteiger partial charge is 0.339 e. The van der Waals surface area contributed by atoms with Gasteiger partial charge < -0.3 is 14.2 Å². The van der Waals surface area contributed by atoms with Gasteiger partial charge in [-0.05, 0) is 48.9 Å². The third kappa shape index (κ3) is 4.58. The lowest BCUT2D eigenvalue weighted by molar-refractivity contribution is 0.0475. The molecule has 0 spiro atoms. The number of Topliss-reactive ketones (excluding diaryl/α,β-unsaturated/α-hetero) is 1. The fourth-order valence-corrected chi connectivity index (χ4v) is 3.99. The fourth-order valence-electron chi connectivity index (χ4n) is 3.80. The van der Waals surface area contributed by atoms with E-state index in [2.05, 4.69) is 0 Å². The molecule has 0 aliphatic rings. The molecule has 1 aromatic heterocycles. The number of hydrogen-bond donors (Lipinski definition) is 0. The van der Waals surface area contributed by atoms with Crippen molar-refractivity contribution in [3.05, 3.63) is 88.4 Å². The van der Waals surface area contributed by atoms with E-state index in [1.54, 1.807) is 43.3 Å². The number of nitrogens with zero attached hydrogens (tertiary/aromatic N) is 1. The molecule has 4 aromatic rings. The first-order valence-electron chi connectivity index (χ1n) is 10.5. The lowest BCUT2D eigenvalue weighted by Crippen LogP contribution is -2.17. The predicted molar refractivity (Wildman–Crippen MR) is 131 cm³/mol. The molecule has 6 nitrogen and oxygen atoms in total. The molecule has 0 N–H and O–H groups in total. The Morgan fingerprint density at radius 3 is 2.47 bits per heavy atom. The minimum absolute atomic E-state index is 0.269. The van der Waals surface area contributed by atoms with Crippen molar-refractivity contribution in [1.29, 1.82) is 0 Å². The molecule has 0 bridgehead atoms. The second-order valence-corrected chi connectivity index (χ2v) is 7.99. The molecule has 0 aliphatic heterocycles. The van der Waals surface area contributed by atoms with Crippen molar-refractivity contribution in [2.75, 3.05) is 20.8 Å². The summed E-state index contributed by atoms with van der Waals surface area (Å²) in [4.78, 5) is 30.9. The van der Waals surface area contributed by atoms with Crippen molar-refractivity contribution in [3.63, 3.8) is 0 Å². The lowest BCUT2D eigenvalue weighted by Gasteiger charge is -2.15. The van der Waals surface area contributed by atoms with Crippen molar-refractivity contribution in [2.24, 2.45) is 0 Å². The third-order valence-corrected chi connectivity index (χ3v) is 5.71. The largest absolute Gasteiger partial charge is 0.497 e. The second kappa shape index (κ2) is 9.93. The summed E-state index contributed by atoms with van der Waals surface area (Å²) in [5.74, 6) is -0.155. The molecule has 1 heterocycles. The Labute approximate surface area is 202 Å². The lowest BCUT2D eigenvalue weighted by atomic mass is 9.98. The van der Waals surface area contributed by atoms with E-state index in [1.807, 2.05) is 30.3 Å². The number of hydrogen-bond acceptors (Lipinski definition) is 6. The molecule has 0 unspecified atom stereocenters.